The number of rotatable bonds is 5. The lowest BCUT2D eigenvalue weighted by molar-refractivity contribution is -0.135. The van der Waals surface area contributed by atoms with E-state index in [0.717, 1.165) is 4.90 Å². The molecule has 0 saturated carbocycles. The minimum Gasteiger partial charge on any atom is -0.347 e. The minimum atomic E-state index is -0.982. The van der Waals surface area contributed by atoms with Crippen molar-refractivity contribution in [1.29, 1.82) is 0 Å². The first-order chi connectivity index (χ1) is 11.7. The first-order valence-corrected chi connectivity index (χ1v) is 8.15. The molecule has 1 aromatic rings. The van der Waals surface area contributed by atoms with Crippen LogP contribution >= 0.6 is 0 Å². The van der Waals surface area contributed by atoms with Crippen LogP contribution in [0.5, 0.6) is 0 Å². The zero-order valence-corrected chi connectivity index (χ0v) is 15.1. The monoisotopic (exact) mass is 345 g/mol. The number of carbonyl (C=O) groups is 4. The van der Waals surface area contributed by atoms with E-state index < -0.39 is 29.8 Å². The summed E-state index contributed by atoms with van der Waals surface area (Å²) in [6.45, 7) is 5.08. The van der Waals surface area contributed by atoms with Crippen LogP contribution in [0.15, 0.2) is 24.3 Å². The Morgan fingerprint density at radius 1 is 1.00 bits per heavy atom. The second kappa shape index (κ2) is 7.04. The normalized spacial score (nSPS) is 15.8. The summed E-state index contributed by atoms with van der Waals surface area (Å²) in [5.41, 5.74) is 0.590. The van der Waals surface area contributed by atoms with Crippen LogP contribution in [0, 0.1) is 5.92 Å². The van der Waals surface area contributed by atoms with Crippen LogP contribution in [0.2, 0.25) is 0 Å². The highest BCUT2D eigenvalue weighted by atomic mass is 16.2. The van der Waals surface area contributed by atoms with Crippen molar-refractivity contribution in [3.8, 4) is 0 Å². The molecule has 1 aliphatic heterocycles. The second-order valence-corrected chi connectivity index (χ2v) is 6.68. The first kappa shape index (κ1) is 18.6. The lowest BCUT2D eigenvalue weighted by Crippen LogP contribution is -2.55. The second-order valence-electron chi connectivity index (χ2n) is 6.68. The van der Waals surface area contributed by atoms with Crippen LogP contribution in [0.1, 0.15) is 41.5 Å². The van der Waals surface area contributed by atoms with Crippen LogP contribution < -0.4 is 5.32 Å². The van der Waals surface area contributed by atoms with Gasteiger partial charge in [0.2, 0.25) is 11.8 Å². The van der Waals surface area contributed by atoms with Crippen molar-refractivity contribution in [2.45, 2.75) is 32.9 Å². The molecule has 1 N–H and O–H groups in total. The van der Waals surface area contributed by atoms with Gasteiger partial charge in [-0.15, -0.1) is 0 Å². The summed E-state index contributed by atoms with van der Waals surface area (Å²) < 4.78 is 0. The number of amides is 4. The molecule has 0 fully saturated rings. The Morgan fingerprint density at radius 2 is 1.48 bits per heavy atom. The third kappa shape index (κ3) is 3.40. The highest BCUT2D eigenvalue weighted by Gasteiger charge is 2.44. The van der Waals surface area contributed by atoms with Gasteiger partial charge < -0.3 is 10.2 Å². The molecule has 1 heterocycles. The SMILES string of the molecule is CC(C)[C@@H](C(=O)N[C@@H](C)C(=O)N(C)C)N1C(=O)c2ccccc2C1=O. The summed E-state index contributed by atoms with van der Waals surface area (Å²) in [7, 11) is 3.18. The molecular weight excluding hydrogens is 322 g/mol. The van der Waals surface area contributed by atoms with E-state index in [4.69, 9.17) is 0 Å². The number of fused-ring (bicyclic) bond motifs is 1. The van der Waals surface area contributed by atoms with Crippen molar-refractivity contribution >= 4 is 23.6 Å². The number of benzene rings is 1. The van der Waals surface area contributed by atoms with Crippen LogP contribution in [-0.4, -0.2) is 59.6 Å². The minimum absolute atomic E-state index is 0.266. The van der Waals surface area contributed by atoms with Gasteiger partial charge in [0.15, 0.2) is 0 Å². The fourth-order valence-electron chi connectivity index (χ4n) is 2.93. The van der Waals surface area contributed by atoms with Gasteiger partial charge in [0.25, 0.3) is 11.8 Å². The largest absolute Gasteiger partial charge is 0.347 e. The number of imide groups is 1. The van der Waals surface area contributed by atoms with Gasteiger partial charge in [0, 0.05) is 14.1 Å². The Morgan fingerprint density at radius 3 is 1.88 bits per heavy atom. The molecule has 0 saturated heterocycles. The van der Waals surface area contributed by atoms with Crippen LogP contribution in [-0.2, 0) is 9.59 Å². The molecule has 1 aromatic carbocycles. The molecule has 2 rings (SSSR count). The molecule has 0 radical (unpaired) electrons. The van der Waals surface area contributed by atoms with Gasteiger partial charge in [-0.1, -0.05) is 26.0 Å². The third-order valence-corrected chi connectivity index (χ3v) is 4.17. The Bertz CT molecular complexity index is 692. The van der Waals surface area contributed by atoms with Crippen molar-refractivity contribution in [1.82, 2.24) is 15.1 Å². The van der Waals surface area contributed by atoms with Gasteiger partial charge >= 0.3 is 0 Å². The van der Waals surface area contributed by atoms with Gasteiger partial charge in [-0.2, -0.15) is 0 Å². The summed E-state index contributed by atoms with van der Waals surface area (Å²) in [5, 5.41) is 2.61. The van der Waals surface area contributed by atoms with Gasteiger partial charge in [0.05, 0.1) is 11.1 Å². The molecular formula is C18H23N3O4. The maximum atomic E-state index is 12.7. The molecule has 4 amide bonds. The Balaban J connectivity index is 2.28. The maximum Gasteiger partial charge on any atom is 0.262 e. The molecule has 0 aromatic heterocycles. The molecule has 0 aliphatic carbocycles. The summed E-state index contributed by atoms with van der Waals surface area (Å²) in [4.78, 5) is 52.3. The van der Waals surface area contributed by atoms with Crippen molar-refractivity contribution in [2.75, 3.05) is 14.1 Å². The quantitative estimate of drug-likeness (QED) is 0.803. The molecule has 0 bridgehead atoms. The summed E-state index contributed by atoms with van der Waals surface area (Å²) in [5.74, 6) is -2.06. The van der Waals surface area contributed by atoms with E-state index in [1.165, 1.54) is 4.90 Å². The van der Waals surface area contributed by atoms with Crippen molar-refractivity contribution in [2.24, 2.45) is 5.92 Å². The van der Waals surface area contributed by atoms with E-state index in [2.05, 4.69) is 5.32 Å². The summed E-state index contributed by atoms with van der Waals surface area (Å²) in [6.07, 6.45) is 0. The molecule has 7 heteroatoms. The average Bonchev–Trinajstić information content (AvgIpc) is 2.79. The number of carbonyl (C=O) groups excluding carboxylic acids is 4. The molecule has 0 spiro atoms. The smallest absolute Gasteiger partial charge is 0.262 e. The third-order valence-electron chi connectivity index (χ3n) is 4.17. The van der Waals surface area contributed by atoms with Crippen molar-refractivity contribution in [3.05, 3.63) is 35.4 Å². The van der Waals surface area contributed by atoms with E-state index >= 15 is 0 Å². The molecule has 2 atom stereocenters. The average molecular weight is 345 g/mol. The number of hydrogen-bond donors (Lipinski definition) is 1. The van der Waals surface area contributed by atoms with E-state index in [0.29, 0.717) is 11.1 Å². The van der Waals surface area contributed by atoms with Crippen molar-refractivity contribution < 1.29 is 19.2 Å². The topological polar surface area (TPSA) is 86.8 Å². The highest BCUT2D eigenvalue weighted by molar-refractivity contribution is 6.22. The molecule has 1 aliphatic rings. The standard InChI is InChI=1S/C18H23N3O4/c1-10(2)14(15(22)19-11(3)16(23)20(4)5)21-17(24)12-8-6-7-9-13(12)18(21)25/h6-11,14H,1-5H3,(H,19,22)/t11-,14-/m0/s1. The molecule has 7 nitrogen and oxygen atoms in total. The highest BCUT2D eigenvalue weighted by Crippen LogP contribution is 2.27. The van der Waals surface area contributed by atoms with E-state index in [9.17, 15) is 19.2 Å². The van der Waals surface area contributed by atoms with Crippen LogP contribution in [0.25, 0.3) is 0 Å². The van der Waals surface area contributed by atoms with Gasteiger partial charge in [0.1, 0.15) is 12.1 Å². The zero-order chi connectivity index (χ0) is 18.9. The molecule has 25 heavy (non-hydrogen) atoms. The number of hydrogen-bond acceptors (Lipinski definition) is 4. The fraction of sp³-hybridized carbons (Fsp3) is 0.444. The predicted octanol–water partition coefficient (Wildman–Crippen LogP) is 0.900. The fourth-order valence-corrected chi connectivity index (χ4v) is 2.93. The Hall–Kier alpha value is -2.70. The van der Waals surface area contributed by atoms with E-state index in [-0.39, 0.29) is 11.8 Å². The molecule has 0 unspecified atom stereocenters. The van der Waals surface area contributed by atoms with Gasteiger partial charge in [-0.25, -0.2) is 0 Å². The summed E-state index contributed by atoms with van der Waals surface area (Å²) >= 11 is 0. The van der Waals surface area contributed by atoms with Gasteiger partial charge in [-0.3, -0.25) is 24.1 Å². The predicted molar refractivity (Wildman–Crippen MR) is 91.9 cm³/mol. The summed E-state index contributed by atoms with van der Waals surface area (Å²) in [6, 6.07) is 4.77. The Kier molecular flexibility index (Phi) is 5.25. The number of nitrogens with one attached hydrogen (secondary N) is 1. The van der Waals surface area contributed by atoms with Gasteiger partial charge in [-0.05, 0) is 25.0 Å². The lowest BCUT2D eigenvalue weighted by atomic mass is 10.0. The Labute approximate surface area is 147 Å². The van der Waals surface area contributed by atoms with E-state index in [1.807, 2.05) is 0 Å². The van der Waals surface area contributed by atoms with E-state index in [1.54, 1.807) is 59.1 Å². The number of likely N-dealkylation sites (N-methyl/N-ethyl adjacent to an activating group) is 1. The molecule has 134 valence electrons. The van der Waals surface area contributed by atoms with Crippen molar-refractivity contribution in [3.63, 3.8) is 0 Å². The number of nitrogens with zero attached hydrogens (tertiary/aromatic N) is 2. The van der Waals surface area contributed by atoms with Crippen LogP contribution in [0.3, 0.4) is 0 Å². The zero-order valence-electron chi connectivity index (χ0n) is 15.1. The van der Waals surface area contributed by atoms with Crippen LogP contribution in [0.4, 0.5) is 0 Å². The maximum absolute atomic E-state index is 12.7. The first-order valence-electron chi connectivity index (χ1n) is 8.15. The lowest BCUT2D eigenvalue weighted by Gasteiger charge is -2.29.